The molecule has 0 fully saturated rings. The molecule has 14 nitrogen and oxygen atoms in total. The van der Waals surface area contributed by atoms with Crippen molar-refractivity contribution in [2.75, 3.05) is 7.11 Å². The molecule has 2 aromatic heterocycles. The number of fused-ring (bicyclic) bond motifs is 3. The summed E-state index contributed by atoms with van der Waals surface area (Å²) < 4.78 is 27.8. The van der Waals surface area contributed by atoms with Crippen molar-refractivity contribution < 1.29 is 63.6 Å². The number of methoxy groups -OCH3 is 1. The topological polar surface area (TPSA) is 230 Å². The van der Waals surface area contributed by atoms with Crippen LogP contribution in [-0.4, -0.2) is 54.9 Å². The van der Waals surface area contributed by atoms with E-state index in [1.807, 2.05) is 19.9 Å². The molecule has 0 saturated heterocycles. The molecule has 3 heterocycles. The van der Waals surface area contributed by atoms with Crippen molar-refractivity contribution >= 4 is 27.9 Å². The maximum Gasteiger partial charge on any atom is 0.338 e. The Morgan fingerprint density at radius 2 is 1.51 bits per heavy atom. The van der Waals surface area contributed by atoms with Crippen molar-refractivity contribution in [3.63, 3.8) is 0 Å². The first-order chi connectivity index (χ1) is 24.2. The van der Waals surface area contributed by atoms with Gasteiger partial charge in [-0.3, -0.25) is 0 Å². The summed E-state index contributed by atoms with van der Waals surface area (Å²) in [5, 5.41) is 70.0. The quantitative estimate of drug-likeness (QED) is 0.0603. The molecule has 0 spiro atoms. The van der Waals surface area contributed by atoms with Crippen molar-refractivity contribution in [1.82, 2.24) is 0 Å². The molecule has 1 aliphatic heterocycles. The van der Waals surface area contributed by atoms with Crippen LogP contribution >= 0.6 is 0 Å². The molecule has 14 heteroatoms. The SMILES string of the molecule is COc1c(C(C)C)oc2cc3oc(=O)ccc3cc12.O=C(OC1Cc2c(O)cc(O)cc2OC1c1ccc(O)c(O)c1)c1cc(O)c(O)c(O)c1. The van der Waals surface area contributed by atoms with Crippen LogP contribution in [0.3, 0.4) is 0 Å². The number of furan rings is 1. The molecule has 0 radical (unpaired) electrons. The van der Waals surface area contributed by atoms with E-state index >= 15 is 0 Å². The second-order valence-corrected chi connectivity index (χ2v) is 12.0. The number of carbonyl (C=O) groups excluding carboxylic acids is 1. The van der Waals surface area contributed by atoms with Crippen molar-refractivity contribution in [1.29, 1.82) is 0 Å². The number of rotatable bonds is 5. The van der Waals surface area contributed by atoms with Gasteiger partial charge in [0.15, 0.2) is 40.6 Å². The van der Waals surface area contributed by atoms with Crippen LogP contribution < -0.4 is 15.1 Å². The molecule has 7 N–H and O–H groups in total. The average Bonchev–Trinajstić information content (AvgIpc) is 3.45. The number of ether oxygens (including phenoxy) is 3. The smallest absolute Gasteiger partial charge is 0.338 e. The van der Waals surface area contributed by atoms with Gasteiger partial charge in [-0.05, 0) is 36.4 Å². The van der Waals surface area contributed by atoms with E-state index in [-0.39, 0.29) is 52.1 Å². The second kappa shape index (κ2) is 13.3. The molecular weight excluding hydrogens is 668 g/mol. The number of benzene rings is 4. The maximum atomic E-state index is 12.7. The van der Waals surface area contributed by atoms with Crippen LogP contribution in [0.1, 0.15) is 53.1 Å². The third kappa shape index (κ3) is 6.66. The van der Waals surface area contributed by atoms with Crippen LogP contribution in [0.15, 0.2) is 80.4 Å². The Morgan fingerprint density at radius 3 is 2.18 bits per heavy atom. The summed E-state index contributed by atoms with van der Waals surface area (Å²) in [4.78, 5) is 23.9. The Hall–Kier alpha value is -6.70. The molecule has 0 saturated carbocycles. The molecule has 7 rings (SSSR count). The molecule has 6 aromatic rings. The molecule has 2 atom stereocenters. The van der Waals surface area contributed by atoms with Crippen LogP contribution in [0.4, 0.5) is 0 Å². The van der Waals surface area contributed by atoms with Gasteiger partial charge in [-0.2, -0.15) is 0 Å². The van der Waals surface area contributed by atoms with Crippen molar-refractivity contribution in [2.24, 2.45) is 0 Å². The fourth-order valence-electron chi connectivity index (χ4n) is 5.73. The molecule has 0 aliphatic carbocycles. The zero-order valence-corrected chi connectivity index (χ0v) is 27.3. The van der Waals surface area contributed by atoms with Gasteiger partial charge in [0.05, 0.1) is 18.1 Å². The van der Waals surface area contributed by atoms with Gasteiger partial charge in [0.1, 0.15) is 40.3 Å². The lowest BCUT2D eigenvalue weighted by molar-refractivity contribution is -0.0189. The zero-order chi connectivity index (χ0) is 36.7. The minimum absolute atomic E-state index is 0.0461. The Kier molecular flexibility index (Phi) is 8.92. The van der Waals surface area contributed by atoms with Gasteiger partial charge in [-0.1, -0.05) is 19.9 Å². The Balaban J connectivity index is 0.000000200. The lowest BCUT2D eigenvalue weighted by atomic mass is 9.93. The highest BCUT2D eigenvalue weighted by Gasteiger charge is 2.37. The van der Waals surface area contributed by atoms with Crippen molar-refractivity contribution in [3.8, 4) is 51.7 Å². The number of aromatic hydroxyl groups is 7. The summed E-state index contributed by atoms with van der Waals surface area (Å²) in [5.74, 6) is -2.66. The summed E-state index contributed by atoms with van der Waals surface area (Å²) >= 11 is 0. The van der Waals surface area contributed by atoms with E-state index in [9.17, 15) is 45.3 Å². The minimum Gasteiger partial charge on any atom is -0.508 e. The molecular formula is C37H32O14. The van der Waals surface area contributed by atoms with E-state index in [1.165, 1.54) is 30.3 Å². The van der Waals surface area contributed by atoms with Gasteiger partial charge in [0.25, 0.3) is 0 Å². The summed E-state index contributed by atoms with van der Waals surface area (Å²) in [7, 11) is 1.63. The Bertz CT molecular complexity index is 2330. The minimum atomic E-state index is -1.06. The molecule has 0 amide bonds. The van der Waals surface area contributed by atoms with Crippen LogP contribution in [0.2, 0.25) is 0 Å². The van der Waals surface area contributed by atoms with Crippen LogP contribution in [0.5, 0.6) is 51.7 Å². The molecule has 1 aliphatic rings. The molecule has 4 aromatic carbocycles. The van der Waals surface area contributed by atoms with Crippen LogP contribution in [-0.2, 0) is 11.2 Å². The van der Waals surface area contributed by atoms with E-state index in [2.05, 4.69) is 0 Å². The summed E-state index contributed by atoms with van der Waals surface area (Å²) in [5.41, 5.74) is 1.15. The second-order valence-electron chi connectivity index (χ2n) is 12.0. The highest BCUT2D eigenvalue weighted by atomic mass is 16.6. The first kappa shape index (κ1) is 34.2. The zero-order valence-electron chi connectivity index (χ0n) is 27.3. The Morgan fingerprint density at radius 1 is 0.784 bits per heavy atom. The van der Waals surface area contributed by atoms with Gasteiger partial charge < -0.3 is 58.8 Å². The third-order valence-corrected chi connectivity index (χ3v) is 8.20. The van der Waals surface area contributed by atoms with E-state index in [1.54, 1.807) is 19.2 Å². The van der Waals surface area contributed by atoms with Crippen molar-refractivity contribution in [2.45, 2.75) is 38.4 Å². The number of carbonyl (C=O) groups is 1. The lowest BCUT2D eigenvalue weighted by Gasteiger charge is -2.34. The fourth-order valence-corrected chi connectivity index (χ4v) is 5.73. The maximum absolute atomic E-state index is 12.7. The van der Waals surface area contributed by atoms with Gasteiger partial charge in [-0.15, -0.1) is 0 Å². The van der Waals surface area contributed by atoms with Crippen molar-refractivity contribution in [3.05, 3.63) is 99.6 Å². The summed E-state index contributed by atoms with van der Waals surface area (Å²) in [6.07, 6.45) is -2.12. The number of phenols is 7. The van der Waals surface area contributed by atoms with Gasteiger partial charge >= 0.3 is 11.6 Å². The Labute approximate surface area is 288 Å². The number of esters is 1. The number of phenolic OH excluding ortho intramolecular Hbond substituents is 7. The van der Waals surface area contributed by atoms with Gasteiger partial charge in [0.2, 0.25) is 0 Å². The van der Waals surface area contributed by atoms with Crippen LogP contribution in [0, 0.1) is 0 Å². The standard InChI is InChI=1S/C22H18O10.C15H14O4/c23-11-6-14(25)12-8-19(32-22(30)10-4-16(27)20(29)17(28)5-10)21(31-18(12)7-11)9-1-2-13(24)15(26)3-9;1-8(2)14-15(17-3)10-6-9-4-5-13(16)18-11(9)7-12(10)19-14/h1-7,19,21,23-29H,8H2;4-8H,1-3H3. The lowest BCUT2D eigenvalue weighted by Crippen LogP contribution is -2.34. The third-order valence-electron chi connectivity index (χ3n) is 8.20. The average molecular weight is 701 g/mol. The normalized spacial score (nSPS) is 15.1. The van der Waals surface area contributed by atoms with E-state index in [4.69, 9.17) is 23.0 Å². The van der Waals surface area contributed by atoms with E-state index in [0.29, 0.717) is 16.7 Å². The highest BCUT2D eigenvalue weighted by molar-refractivity contribution is 5.97. The monoisotopic (exact) mass is 700 g/mol. The first-order valence-electron chi connectivity index (χ1n) is 15.5. The predicted octanol–water partition coefficient (Wildman–Crippen LogP) is 6.20. The predicted molar refractivity (Wildman–Crippen MR) is 180 cm³/mol. The number of hydrogen-bond donors (Lipinski definition) is 7. The summed E-state index contributed by atoms with van der Waals surface area (Å²) in [6.45, 7) is 4.08. The molecule has 264 valence electrons. The number of hydrogen-bond acceptors (Lipinski definition) is 14. The van der Waals surface area contributed by atoms with Gasteiger partial charge in [0, 0.05) is 53.1 Å². The van der Waals surface area contributed by atoms with E-state index < -0.39 is 41.2 Å². The molecule has 51 heavy (non-hydrogen) atoms. The van der Waals surface area contributed by atoms with E-state index in [0.717, 1.165) is 40.5 Å². The molecule has 2 unspecified atom stereocenters. The fraction of sp³-hybridized carbons (Fsp3) is 0.189. The molecule has 0 bridgehead atoms. The van der Waals surface area contributed by atoms with Crippen LogP contribution in [0.25, 0.3) is 21.9 Å². The van der Waals surface area contributed by atoms with Gasteiger partial charge in [-0.25, -0.2) is 9.59 Å². The largest absolute Gasteiger partial charge is 0.508 e. The summed E-state index contributed by atoms with van der Waals surface area (Å²) in [6, 6.07) is 14.9. The first-order valence-corrected chi connectivity index (χ1v) is 15.5. The highest BCUT2D eigenvalue weighted by Crippen LogP contribution is 2.45.